The van der Waals surface area contributed by atoms with Crippen LogP contribution >= 0.6 is 0 Å². The average Bonchev–Trinajstić information content (AvgIpc) is 2.45. The summed E-state index contributed by atoms with van der Waals surface area (Å²) in [5.74, 6) is 0.322. The first-order valence-electron chi connectivity index (χ1n) is 6.16. The molecule has 0 aliphatic carbocycles. The Morgan fingerprint density at radius 2 is 1.95 bits per heavy atom. The number of hydrogen-bond acceptors (Lipinski definition) is 4. The second-order valence-electron chi connectivity index (χ2n) is 4.30. The van der Waals surface area contributed by atoms with Crippen molar-refractivity contribution in [1.82, 2.24) is 0 Å². The van der Waals surface area contributed by atoms with Crippen LogP contribution in [0.15, 0.2) is 48.5 Å². The molecule has 0 atom stereocenters. The normalized spacial score (nSPS) is 10.0. The molecule has 104 valence electrons. The quantitative estimate of drug-likeness (QED) is 0.749. The van der Waals surface area contributed by atoms with Crippen molar-refractivity contribution in [1.29, 1.82) is 0 Å². The van der Waals surface area contributed by atoms with Gasteiger partial charge >= 0.3 is 0 Å². The number of carbonyl (C=O) groups excluding carboxylic acids is 1. The van der Waals surface area contributed by atoms with Gasteiger partial charge in [-0.3, -0.25) is 4.79 Å². The lowest BCUT2D eigenvalue weighted by Crippen LogP contribution is -2.20. The first kappa shape index (κ1) is 13.7. The number of nitrogens with one attached hydrogen (secondary N) is 1. The summed E-state index contributed by atoms with van der Waals surface area (Å²) < 4.78 is 5.23. The predicted molar refractivity (Wildman–Crippen MR) is 76.6 cm³/mol. The molecule has 2 rings (SSSR count). The van der Waals surface area contributed by atoms with E-state index >= 15 is 0 Å². The zero-order valence-corrected chi connectivity index (χ0v) is 10.9. The maximum atomic E-state index is 10.7. The van der Waals surface area contributed by atoms with Crippen LogP contribution in [0.5, 0.6) is 11.5 Å². The lowest BCUT2D eigenvalue weighted by atomic mass is 10.2. The van der Waals surface area contributed by atoms with Gasteiger partial charge in [0.1, 0.15) is 11.5 Å². The summed E-state index contributed by atoms with van der Waals surface area (Å²) in [6.45, 7) is 0.487. The number of hydrogen-bond donors (Lipinski definition) is 3. The van der Waals surface area contributed by atoms with Crippen molar-refractivity contribution in [3.8, 4) is 11.5 Å². The second-order valence-corrected chi connectivity index (χ2v) is 4.30. The number of phenolic OH excluding ortho intramolecular Hbond substituents is 1. The van der Waals surface area contributed by atoms with Gasteiger partial charge in [0.2, 0.25) is 0 Å². The Bertz CT molecular complexity index is 582. The number of primary amides is 1. The van der Waals surface area contributed by atoms with Crippen LogP contribution in [-0.4, -0.2) is 17.6 Å². The predicted octanol–water partition coefficient (Wildman–Crippen LogP) is 1.87. The molecule has 0 saturated heterocycles. The molecule has 20 heavy (non-hydrogen) atoms. The Balaban J connectivity index is 1.94. The fraction of sp³-hybridized carbons (Fsp3) is 0.133. The molecule has 1 amide bonds. The van der Waals surface area contributed by atoms with E-state index in [0.717, 1.165) is 11.3 Å². The van der Waals surface area contributed by atoms with E-state index in [1.807, 2.05) is 24.3 Å². The number of anilines is 1. The van der Waals surface area contributed by atoms with Crippen molar-refractivity contribution >= 4 is 11.6 Å². The Morgan fingerprint density at radius 3 is 2.65 bits per heavy atom. The number of carbonyl (C=O) groups is 1. The third kappa shape index (κ3) is 4.20. The van der Waals surface area contributed by atoms with Gasteiger partial charge in [-0.25, -0.2) is 0 Å². The molecule has 0 radical (unpaired) electrons. The van der Waals surface area contributed by atoms with Crippen LogP contribution in [-0.2, 0) is 11.3 Å². The SMILES string of the molecule is NC(=O)COc1cccc(NCc2ccc(O)cc2)c1. The standard InChI is InChI=1S/C15H16N2O3/c16-15(19)10-20-14-3-1-2-12(8-14)17-9-11-4-6-13(18)7-5-11/h1-8,17-18H,9-10H2,(H2,16,19). The minimum Gasteiger partial charge on any atom is -0.508 e. The molecule has 0 aliphatic rings. The fourth-order valence-electron chi connectivity index (χ4n) is 1.67. The van der Waals surface area contributed by atoms with Gasteiger partial charge in [0.15, 0.2) is 6.61 Å². The summed E-state index contributed by atoms with van der Waals surface area (Å²) in [7, 11) is 0. The van der Waals surface area contributed by atoms with E-state index in [1.54, 1.807) is 24.3 Å². The monoisotopic (exact) mass is 272 g/mol. The maximum Gasteiger partial charge on any atom is 0.255 e. The Kier molecular flexibility index (Phi) is 4.44. The van der Waals surface area contributed by atoms with Gasteiger partial charge in [0.05, 0.1) is 0 Å². The van der Waals surface area contributed by atoms with Gasteiger partial charge < -0.3 is 20.9 Å². The molecular formula is C15H16N2O3. The summed E-state index contributed by atoms with van der Waals surface area (Å²) in [4.78, 5) is 10.7. The summed E-state index contributed by atoms with van der Waals surface area (Å²) >= 11 is 0. The van der Waals surface area contributed by atoms with Crippen LogP contribution in [0.4, 0.5) is 5.69 Å². The van der Waals surface area contributed by atoms with Gasteiger partial charge in [-0.15, -0.1) is 0 Å². The van der Waals surface area contributed by atoms with Crippen LogP contribution in [0.2, 0.25) is 0 Å². The van der Waals surface area contributed by atoms with E-state index in [4.69, 9.17) is 10.5 Å². The van der Waals surface area contributed by atoms with Gasteiger partial charge in [-0.05, 0) is 29.8 Å². The highest BCUT2D eigenvalue weighted by Crippen LogP contribution is 2.18. The van der Waals surface area contributed by atoms with Crippen molar-refractivity contribution < 1.29 is 14.6 Å². The van der Waals surface area contributed by atoms with Crippen LogP contribution in [0, 0.1) is 0 Å². The number of nitrogens with two attached hydrogens (primary N) is 1. The number of amides is 1. The van der Waals surface area contributed by atoms with Crippen molar-refractivity contribution in [2.75, 3.05) is 11.9 Å². The van der Waals surface area contributed by atoms with E-state index in [2.05, 4.69) is 5.32 Å². The molecular weight excluding hydrogens is 256 g/mol. The van der Waals surface area contributed by atoms with Crippen molar-refractivity contribution in [2.24, 2.45) is 5.73 Å². The number of ether oxygens (including phenoxy) is 1. The Morgan fingerprint density at radius 1 is 1.20 bits per heavy atom. The molecule has 2 aromatic rings. The first-order valence-corrected chi connectivity index (χ1v) is 6.16. The molecule has 0 heterocycles. The van der Waals surface area contributed by atoms with E-state index in [1.165, 1.54) is 0 Å². The van der Waals surface area contributed by atoms with Crippen molar-refractivity contribution in [3.05, 3.63) is 54.1 Å². The lowest BCUT2D eigenvalue weighted by molar-refractivity contribution is -0.119. The van der Waals surface area contributed by atoms with Crippen molar-refractivity contribution in [3.63, 3.8) is 0 Å². The fourth-order valence-corrected chi connectivity index (χ4v) is 1.67. The third-order valence-electron chi connectivity index (χ3n) is 2.65. The van der Waals surface area contributed by atoms with Gasteiger partial charge in [-0.1, -0.05) is 18.2 Å². The summed E-state index contributed by atoms with van der Waals surface area (Å²) in [5.41, 5.74) is 6.95. The molecule has 5 nitrogen and oxygen atoms in total. The van der Waals surface area contributed by atoms with Crippen LogP contribution in [0.3, 0.4) is 0 Å². The van der Waals surface area contributed by atoms with Crippen LogP contribution in [0.1, 0.15) is 5.56 Å². The second kappa shape index (κ2) is 6.47. The van der Waals surface area contributed by atoms with Gasteiger partial charge in [0.25, 0.3) is 5.91 Å². The molecule has 2 aromatic carbocycles. The van der Waals surface area contributed by atoms with Crippen molar-refractivity contribution in [2.45, 2.75) is 6.54 Å². The number of rotatable bonds is 6. The van der Waals surface area contributed by atoms with Crippen LogP contribution in [0.25, 0.3) is 0 Å². The lowest BCUT2D eigenvalue weighted by Gasteiger charge is -2.09. The molecule has 0 aliphatic heterocycles. The number of aromatic hydroxyl groups is 1. The Hall–Kier alpha value is -2.69. The zero-order valence-electron chi connectivity index (χ0n) is 10.9. The molecule has 5 heteroatoms. The third-order valence-corrected chi connectivity index (χ3v) is 2.65. The highest BCUT2D eigenvalue weighted by atomic mass is 16.5. The van der Waals surface area contributed by atoms with E-state index in [-0.39, 0.29) is 12.4 Å². The minimum atomic E-state index is -0.507. The largest absolute Gasteiger partial charge is 0.508 e. The molecule has 0 saturated carbocycles. The molecule has 0 fully saturated rings. The molecule has 4 N–H and O–H groups in total. The number of benzene rings is 2. The maximum absolute atomic E-state index is 10.7. The Labute approximate surface area is 117 Å². The molecule has 0 bridgehead atoms. The molecule has 0 spiro atoms. The van der Waals surface area contributed by atoms with E-state index in [0.29, 0.717) is 12.3 Å². The zero-order chi connectivity index (χ0) is 14.4. The first-order chi connectivity index (χ1) is 9.63. The minimum absolute atomic E-state index is 0.137. The van der Waals surface area contributed by atoms with E-state index < -0.39 is 5.91 Å². The molecule has 0 unspecified atom stereocenters. The molecule has 0 aromatic heterocycles. The van der Waals surface area contributed by atoms with Crippen LogP contribution < -0.4 is 15.8 Å². The summed E-state index contributed by atoms with van der Waals surface area (Å²) in [6, 6.07) is 14.3. The average molecular weight is 272 g/mol. The smallest absolute Gasteiger partial charge is 0.255 e. The number of phenols is 1. The van der Waals surface area contributed by atoms with E-state index in [9.17, 15) is 9.90 Å². The highest BCUT2D eigenvalue weighted by Gasteiger charge is 2.00. The van der Waals surface area contributed by atoms with Gasteiger partial charge in [0, 0.05) is 18.3 Å². The van der Waals surface area contributed by atoms with Gasteiger partial charge in [-0.2, -0.15) is 0 Å². The summed E-state index contributed by atoms with van der Waals surface area (Å²) in [5, 5.41) is 12.4. The topological polar surface area (TPSA) is 84.6 Å². The highest BCUT2D eigenvalue weighted by molar-refractivity contribution is 5.75. The summed E-state index contributed by atoms with van der Waals surface area (Å²) in [6.07, 6.45) is 0.